The van der Waals surface area contributed by atoms with E-state index < -0.39 is 0 Å². The molecule has 0 unspecified atom stereocenters. The molecular formula is C25H25Br5N4. The number of aromatic amines is 1. The maximum Gasteiger partial charge on any atom is 0.204 e. The van der Waals surface area contributed by atoms with Crippen LogP contribution < -0.4 is 21.9 Å². The number of hydrogen-bond acceptors (Lipinski definition) is 2. The number of quaternary nitrogens is 1. The summed E-state index contributed by atoms with van der Waals surface area (Å²) < 4.78 is 4.66. The molecule has 1 aromatic heterocycles. The average Bonchev–Trinajstić information content (AvgIpc) is 3.26. The number of hydrogen-bond donors (Lipinski definition) is 1. The molecule has 1 heterocycles. The predicted octanol–water partition coefficient (Wildman–Crippen LogP) is 4.90. The Kier molecular flexibility index (Phi) is 9.85. The van der Waals surface area contributed by atoms with E-state index in [1.807, 2.05) is 0 Å². The Morgan fingerprint density at radius 2 is 1.35 bits per heavy atom. The topological polar surface area (TPSA) is 31.9 Å². The van der Waals surface area contributed by atoms with E-state index in [1.165, 1.54) is 11.1 Å². The van der Waals surface area contributed by atoms with Gasteiger partial charge in [0.05, 0.1) is 41.6 Å². The van der Waals surface area contributed by atoms with E-state index in [1.54, 1.807) is 0 Å². The number of imidazole rings is 1. The smallest absolute Gasteiger partial charge is 0.204 e. The summed E-state index contributed by atoms with van der Waals surface area (Å²) in [6, 6.07) is 21.2. The van der Waals surface area contributed by atoms with Gasteiger partial charge in [0.1, 0.15) is 12.1 Å². The minimum absolute atomic E-state index is 0. The third kappa shape index (κ3) is 6.53. The Hall–Kier alpha value is -0.710. The van der Waals surface area contributed by atoms with Gasteiger partial charge in [-0.2, -0.15) is 0 Å². The third-order valence-corrected chi connectivity index (χ3v) is 10.4. The van der Waals surface area contributed by atoms with Crippen LogP contribution in [0.3, 0.4) is 0 Å². The molecule has 4 aromatic rings. The normalized spacial score (nSPS) is 11.5. The number of anilines is 1. The van der Waals surface area contributed by atoms with Crippen LogP contribution in [0.15, 0.2) is 78.6 Å². The Bertz CT molecular complexity index is 1200. The van der Waals surface area contributed by atoms with E-state index in [0.29, 0.717) is 0 Å². The number of likely N-dealkylation sites (N-methyl/N-ethyl adjacent to an activating group) is 1. The van der Waals surface area contributed by atoms with Crippen molar-refractivity contribution in [3.05, 3.63) is 89.7 Å². The van der Waals surface area contributed by atoms with Crippen molar-refractivity contribution >= 4 is 80.7 Å². The van der Waals surface area contributed by atoms with Crippen molar-refractivity contribution in [2.45, 2.75) is 13.1 Å². The number of nitrogens with one attached hydrogen (secondary N) is 1. The fraction of sp³-hybridized carbons (Fsp3) is 0.240. The molecule has 1 N–H and O–H groups in total. The van der Waals surface area contributed by atoms with Crippen molar-refractivity contribution in [3.63, 3.8) is 0 Å². The molecule has 0 saturated carbocycles. The second-order valence-corrected chi connectivity index (χ2v) is 11.9. The molecule has 180 valence electrons. The molecule has 0 radical (unpaired) electrons. The van der Waals surface area contributed by atoms with Crippen LogP contribution in [-0.4, -0.2) is 41.6 Å². The molecule has 0 bridgehead atoms. The molecule has 0 fully saturated rings. The van der Waals surface area contributed by atoms with E-state index in [-0.39, 0.29) is 17.0 Å². The molecular weight excluding hydrogens is 756 g/mol. The standard InChI is InChI=1S/C25H25Br4N4.BrH/c1-33(2,16-18-11-7-4-8-12-18)14-13-32(15-17-9-5-3-6-10-17)25-30-23-21(28)19(26)20(27)22(29)24(23)31-25;/h3-12H,13-16H2,1-2H3,(H,30,31);1H/q+1;/p-1. The summed E-state index contributed by atoms with van der Waals surface area (Å²) in [6.45, 7) is 3.61. The van der Waals surface area contributed by atoms with Crippen molar-refractivity contribution in [1.82, 2.24) is 9.97 Å². The summed E-state index contributed by atoms with van der Waals surface area (Å²) in [4.78, 5) is 10.9. The van der Waals surface area contributed by atoms with E-state index in [4.69, 9.17) is 4.98 Å². The highest BCUT2D eigenvalue weighted by Crippen LogP contribution is 2.43. The highest BCUT2D eigenvalue weighted by atomic mass is 79.9. The first kappa shape index (κ1) is 27.9. The molecule has 4 rings (SSSR count). The predicted molar refractivity (Wildman–Crippen MR) is 152 cm³/mol. The van der Waals surface area contributed by atoms with Gasteiger partial charge in [-0.3, -0.25) is 0 Å². The summed E-state index contributed by atoms with van der Waals surface area (Å²) in [6.07, 6.45) is 0. The number of halogens is 5. The lowest BCUT2D eigenvalue weighted by Gasteiger charge is -2.33. The fourth-order valence-electron chi connectivity index (χ4n) is 3.85. The molecule has 4 nitrogen and oxygen atoms in total. The number of aromatic nitrogens is 2. The van der Waals surface area contributed by atoms with Gasteiger partial charge < -0.3 is 31.3 Å². The monoisotopic (exact) mass is 776 g/mol. The van der Waals surface area contributed by atoms with Gasteiger partial charge in [-0.1, -0.05) is 60.7 Å². The zero-order valence-corrected chi connectivity index (χ0v) is 26.8. The van der Waals surface area contributed by atoms with E-state index in [2.05, 4.69) is 148 Å². The van der Waals surface area contributed by atoms with Crippen LogP contribution in [0.25, 0.3) is 11.0 Å². The quantitative estimate of drug-likeness (QED) is 0.157. The van der Waals surface area contributed by atoms with Gasteiger partial charge in [0.25, 0.3) is 0 Å². The van der Waals surface area contributed by atoms with Gasteiger partial charge in [0.2, 0.25) is 5.95 Å². The summed E-state index contributed by atoms with van der Waals surface area (Å²) in [7, 11) is 4.57. The van der Waals surface area contributed by atoms with E-state index in [0.717, 1.165) is 65.5 Å². The number of fused-ring (bicyclic) bond motifs is 1. The molecule has 9 heteroatoms. The highest BCUT2D eigenvalue weighted by molar-refractivity contribution is 9.15. The lowest BCUT2D eigenvalue weighted by Crippen LogP contribution is -3.00. The summed E-state index contributed by atoms with van der Waals surface area (Å²) >= 11 is 14.7. The number of nitrogens with zero attached hydrogens (tertiary/aromatic N) is 3. The first-order valence-corrected chi connectivity index (χ1v) is 13.8. The van der Waals surface area contributed by atoms with Gasteiger partial charge in [-0.25, -0.2) is 4.98 Å². The van der Waals surface area contributed by atoms with Crippen molar-refractivity contribution in [2.75, 3.05) is 32.1 Å². The number of benzene rings is 3. The molecule has 0 amide bonds. The fourth-order valence-corrected chi connectivity index (χ4v) is 6.13. The zero-order valence-electron chi connectivity index (χ0n) is 18.8. The highest BCUT2D eigenvalue weighted by Gasteiger charge is 2.23. The van der Waals surface area contributed by atoms with Crippen molar-refractivity contribution in [2.24, 2.45) is 0 Å². The van der Waals surface area contributed by atoms with Crippen LogP contribution in [-0.2, 0) is 13.1 Å². The molecule has 0 spiro atoms. The second kappa shape index (κ2) is 12.0. The lowest BCUT2D eigenvalue weighted by molar-refractivity contribution is -0.902. The maximum atomic E-state index is 4.99. The second-order valence-electron chi connectivity index (χ2n) is 8.75. The van der Waals surface area contributed by atoms with Crippen LogP contribution in [0, 0.1) is 0 Å². The van der Waals surface area contributed by atoms with Gasteiger partial charge in [0.15, 0.2) is 0 Å². The largest absolute Gasteiger partial charge is 1.00 e. The Labute approximate surface area is 245 Å². The molecule has 3 aromatic carbocycles. The Morgan fingerprint density at radius 3 is 1.97 bits per heavy atom. The molecule has 0 aliphatic carbocycles. The van der Waals surface area contributed by atoms with Crippen molar-refractivity contribution < 1.29 is 21.5 Å². The van der Waals surface area contributed by atoms with Crippen LogP contribution >= 0.6 is 63.7 Å². The molecule has 0 atom stereocenters. The summed E-state index contributed by atoms with van der Waals surface area (Å²) in [5.74, 6) is 0.861. The van der Waals surface area contributed by atoms with E-state index >= 15 is 0 Å². The van der Waals surface area contributed by atoms with Crippen LogP contribution in [0.4, 0.5) is 5.95 Å². The average molecular weight is 781 g/mol. The first-order valence-electron chi connectivity index (χ1n) is 10.6. The van der Waals surface area contributed by atoms with Crippen molar-refractivity contribution in [1.29, 1.82) is 0 Å². The Morgan fingerprint density at radius 1 is 0.794 bits per heavy atom. The molecule has 34 heavy (non-hydrogen) atoms. The summed E-state index contributed by atoms with van der Waals surface area (Å²) in [5, 5.41) is 0. The third-order valence-electron chi connectivity index (χ3n) is 5.64. The molecule has 0 saturated heterocycles. The summed E-state index contributed by atoms with van der Waals surface area (Å²) in [5.41, 5.74) is 4.46. The number of H-pyrrole nitrogens is 1. The van der Waals surface area contributed by atoms with Gasteiger partial charge >= 0.3 is 0 Å². The molecule has 0 aliphatic rings. The SMILES string of the molecule is C[N+](C)(CCN(Cc1ccccc1)c1nc2c(Br)c(Br)c(Br)c(Br)c2[nH]1)Cc1ccccc1.[Br-]. The maximum absolute atomic E-state index is 4.99. The van der Waals surface area contributed by atoms with Gasteiger partial charge in [-0.15, -0.1) is 0 Å². The molecule has 0 aliphatic heterocycles. The first-order chi connectivity index (χ1) is 15.7. The minimum Gasteiger partial charge on any atom is -1.00 e. The van der Waals surface area contributed by atoms with Crippen LogP contribution in [0.1, 0.15) is 11.1 Å². The van der Waals surface area contributed by atoms with E-state index in [9.17, 15) is 0 Å². The number of rotatable bonds is 8. The van der Waals surface area contributed by atoms with Crippen LogP contribution in [0.2, 0.25) is 0 Å². The van der Waals surface area contributed by atoms with Gasteiger partial charge in [-0.05, 0) is 69.3 Å². The van der Waals surface area contributed by atoms with Crippen molar-refractivity contribution in [3.8, 4) is 0 Å². The lowest BCUT2D eigenvalue weighted by atomic mass is 10.2. The zero-order chi connectivity index (χ0) is 23.6. The van der Waals surface area contributed by atoms with Gasteiger partial charge in [0, 0.05) is 21.1 Å². The Balaban J connectivity index is 0.00000324. The minimum atomic E-state index is 0. The van der Waals surface area contributed by atoms with Crippen LogP contribution in [0.5, 0.6) is 0 Å².